The molecule has 1 fully saturated rings. The zero-order valence-corrected chi connectivity index (χ0v) is 13.1. The van der Waals surface area contributed by atoms with Crippen LogP contribution in [0.4, 0.5) is 5.13 Å². The van der Waals surface area contributed by atoms with Crippen LogP contribution >= 0.6 is 22.9 Å². The van der Waals surface area contributed by atoms with E-state index < -0.39 is 0 Å². The lowest BCUT2D eigenvalue weighted by Crippen LogP contribution is -2.48. The number of piperazine rings is 1. The molecule has 0 atom stereocenters. The highest BCUT2D eigenvalue weighted by atomic mass is 35.5. The average molecular weight is 310 g/mol. The van der Waals surface area contributed by atoms with Crippen LogP contribution in [0.2, 0.25) is 5.02 Å². The van der Waals surface area contributed by atoms with Gasteiger partial charge in [0.1, 0.15) is 0 Å². The summed E-state index contributed by atoms with van der Waals surface area (Å²) in [5.74, 6) is 0.146. The van der Waals surface area contributed by atoms with Crippen LogP contribution in [-0.4, -0.2) is 42.0 Å². The summed E-state index contributed by atoms with van der Waals surface area (Å²) in [7, 11) is 0. The second-order valence-electron chi connectivity index (χ2n) is 5.03. The molecule has 0 spiro atoms. The number of halogens is 1. The van der Waals surface area contributed by atoms with Gasteiger partial charge in [-0.15, -0.1) is 0 Å². The molecule has 1 amide bonds. The third-order valence-corrected chi connectivity index (χ3v) is 5.26. The Morgan fingerprint density at radius 2 is 2.00 bits per heavy atom. The monoisotopic (exact) mass is 309 g/mol. The number of hydrogen-bond donors (Lipinski definition) is 0. The van der Waals surface area contributed by atoms with E-state index in [0.717, 1.165) is 52.1 Å². The molecule has 1 aliphatic rings. The van der Waals surface area contributed by atoms with E-state index in [9.17, 15) is 4.79 Å². The van der Waals surface area contributed by atoms with Gasteiger partial charge in [-0.1, -0.05) is 29.0 Å². The van der Waals surface area contributed by atoms with Gasteiger partial charge in [0.15, 0.2) is 5.13 Å². The highest BCUT2D eigenvalue weighted by molar-refractivity contribution is 7.22. The van der Waals surface area contributed by atoms with Gasteiger partial charge in [0.2, 0.25) is 5.91 Å². The van der Waals surface area contributed by atoms with Crippen molar-refractivity contribution in [2.24, 2.45) is 0 Å². The van der Waals surface area contributed by atoms with Gasteiger partial charge in [0, 0.05) is 33.1 Å². The summed E-state index contributed by atoms with van der Waals surface area (Å²) in [5.41, 5.74) is 2.14. The minimum atomic E-state index is 0.146. The molecule has 0 N–H and O–H groups in total. The zero-order chi connectivity index (χ0) is 14.3. The first-order valence-corrected chi connectivity index (χ1v) is 7.82. The first kappa shape index (κ1) is 13.6. The van der Waals surface area contributed by atoms with Gasteiger partial charge in [-0.2, -0.15) is 0 Å². The summed E-state index contributed by atoms with van der Waals surface area (Å²) >= 11 is 7.88. The van der Waals surface area contributed by atoms with Crippen LogP contribution in [-0.2, 0) is 4.79 Å². The Labute approximate surface area is 127 Å². The van der Waals surface area contributed by atoms with Gasteiger partial charge < -0.3 is 9.80 Å². The topological polar surface area (TPSA) is 36.4 Å². The normalized spacial score (nSPS) is 15.9. The van der Waals surface area contributed by atoms with Crippen molar-refractivity contribution in [2.75, 3.05) is 31.1 Å². The molecule has 2 heterocycles. The number of thiazole rings is 1. The van der Waals surface area contributed by atoms with Crippen LogP contribution in [0.1, 0.15) is 12.5 Å². The van der Waals surface area contributed by atoms with Crippen molar-refractivity contribution in [1.82, 2.24) is 9.88 Å². The summed E-state index contributed by atoms with van der Waals surface area (Å²) in [4.78, 5) is 20.2. The Morgan fingerprint density at radius 3 is 2.60 bits per heavy atom. The summed E-state index contributed by atoms with van der Waals surface area (Å²) in [5, 5.41) is 1.76. The molecule has 6 heteroatoms. The van der Waals surface area contributed by atoms with E-state index in [1.807, 2.05) is 17.0 Å². The van der Waals surface area contributed by atoms with Gasteiger partial charge >= 0.3 is 0 Å². The number of nitrogens with zero attached hydrogens (tertiary/aromatic N) is 3. The fraction of sp³-hybridized carbons (Fsp3) is 0.429. The molecule has 0 saturated carbocycles. The molecule has 2 aromatic rings. The fourth-order valence-electron chi connectivity index (χ4n) is 2.44. The molecule has 1 aliphatic heterocycles. The van der Waals surface area contributed by atoms with Gasteiger partial charge in [0.05, 0.1) is 15.2 Å². The molecule has 4 nitrogen and oxygen atoms in total. The Balaban J connectivity index is 1.87. The van der Waals surface area contributed by atoms with E-state index in [2.05, 4.69) is 11.8 Å². The van der Waals surface area contributed by atoms with Crippen molar-refractivity contribution in [3.05, 3.63) is 22.7 Å². The van der Waals surface area contributed by atoms with Gasteiger partial charge in [-0.3, -0.25) is 4.79 Å². The van der Waals surface area contributed by atoms with E-state index in [-0.39, 0.29) is 5.91 Å². The highest BCUT2D eigenvalue weighted by Gasteiger charge is 2.21. The highest BCUT2D eigenvalue weighted by Crippen LogP contribution is 2.35. The van der Waals surface area contributed by atoms with Crippen LogP contribution in [0.3, 0.4) is 0 Å². The van der Waals surface area contributed by atoms with E-state index in [4.69, 9.17) is 16.6 Å². The number of hydrogen-bond acceptors (Lipinski definition) is 4. The third-order valence-electron chi connectivity index (χ3n) is 3.68. The molecule has 106 valence electrons. The molecule has 1 aromatic heterocycles. The fourth-order valence-corrected chi connectivity index (χ4v) is 3.81. The Bertz CT molecular complexity index is 623. The maximum atomic E-state index is 11.3. The summed E-state index contributed by atoms with van der Waals surface area (Å²) in [6, 6.07) is 3.93. The van der Waals surface area contributed by atoms with Gasteiger partial charge in [-0.25, -0.2) is 4.98 Å². The van der Waals surface area contributed by atoms with Gasteiger partial charge in [0.25, 0.3) is 0 Å². The standard InChI is InChI=1S/C14H16ClN3OS/c1-9-3-4-11(15)13-12(9)16-14(20-13)18-7-5-17(6-8-18)10(2)19/h3-4H,5-8H2,1-2H3. The first-order chi connectivity index (χ1) is 9.56. The number of anilines is 1. The molecular formula is C14H16ClN3OS. The van der Waals surface area contributed by atoms with E-state index >= 15 is 0 Å². The third kappa shape index (κ3) is 2.36. The first-order valence-electron chi connectivity index (χ1n) is 6.62. The van der Waals surface area contributed by atoms with Crippen LogP contribution in [0.15, 0.2) is 12.1 Å². The molecule has 0 radical (unpaired) electrons. The molecule has 0 bridgehead atoms. The lowest BCUT2D eigenvalue weighted by atomic mass is 10.2. The molecular weight excluding hydrogens is 294 g/mol. The SMILES string of the molecule is CC(=O)N1CCN(c2nc3c(C)ccc(Cl)c3s2)CC1. The maximum absolute atomic E-state index is 11.3. The smallest absolute Gasteiger partial charge is 0.219 e. The van der Waals surface area contributed by atoms with E-state index in [0.29, 0.717) is 0 Å². The predicted molar refractivity (Wildman–Crippen MR) is 83.8 cm³/mol. The van der Waals surface area contributed by atoms with Crippen molar-refractivity contribution in [2.45, 2.75) is 13.8 Å². The number of fused-ring (bicyclic) bond motifs is 1. The Hall–Kier alpha value is -1.33. The number of carbonyl (C=O) groups excluding carboxylic acids is 1. The molecule has 0 aliphatic carbocycles. The number of aromatic nitrogens is 1. The summed E-state index contributed by atoms with van der Waals surface area (Å²) in [6.07, 6.45) is 0. The number of carbonyl (C=O) groups is 1. The van der Waals surface area contributed by atoms with Crippen LogP contribution in [0, 0.1) is 6.92 Å². The van der Waals surface area contributed by atoms with Crippen molar-refractivity contribution in [3.8, 4) is 0 Å². The molecule has 1 saturated heterocycles. The number of benzene rings is 1. The molecule has 3 rings (SSSR count). The lowest BCUT2D eigenvalue weighted by Gasteiger charge is -2.33. The Kier molecular flexibility index (Phi) is 3.56. The maximum Gasteiger partial charge on any atom is 0.219 e. The van der Waals surface area contributed by atoms with Crippen molar-refractivity contribution >= 4 is 44.2 Å². The molecule has 20 heavy (non-hydrogen) atoms. The zero-order valence-electron chi connectivity index (χ0n) is 11.5. The number of amides is 1. The second-order valence-corrected chi connectivity index (χ2v) is 6.42. The minimum Gasteiger partial charge on any atom is -0.345 e. The molecule has 0 unspecified atom stereocenters. The van der Waals surface area contributed by atoms with Crippen LogP contribution < -0.4 is 4.90 Å². The quantitative estimate of drug-likeness (QED) is 0.812. The minimum absolute atomic E-state index is 0.146. The van der Waals surface area contributed by atoms with Crippen molar-refractivity contribution < 1.29 is 4.79 Å². The summed E-state index contributed by atoms with van der Waals surface area (Å²) in [6.45, 7) is 6.86. The predicted octanol–water partition coefficient (Wildman–Crippen LogP) is 2.93. The second kappa shape index (κ2) is 5.22. The van der Waals surface area contributed by atoms with E-state index in [1.165, 1.54) is 0 Å². The number of rotatable bonds is 1. The van der Waals surface area contributed by atoms with Crippen LogP contribution in [0.25, 0.3) is 10.2 Å². The van der Waals surface area contributed by atoms with Crippen molar-refractivity contribution in [1.29, 1.82) is 0 Å². The Morgan fingerprint density at radius 1 is 1.30 bits per heavy atom. The largest absolute Gasteiger partial charge is 0.345 e. The lowest BCUT2D eigenvalue weighted by molar-refractivity contribution is -0.129. The van der Waals surface area contributed by atoms with Crippen LogP contribution in [0.5, 0.6) is 0 Å². The number of aryl methyl sites for hydroxylation is 1. The molecule has 1 aromatic carbocycles. The van der Waals surface area contributed by atoms with E-state index in [1.54, 1.807) is 18.3 Å². The average Bonchev–Trinajstić information content (AvgIpc) is 2.89. The summed E-state index contributed by atoms with van der Waals surface area (Å²) < 4.78 is 1.05. The van der Waals surface area contributed by atoms with Crippen molar-refractivity contribution in [3.63, 3.8) is 0 Å². The van der Waals surface area contributed by atoms with Gasteiger partial charge in [-0.05, 0) is 18.6 Å².